The highest BCUT2D eigenvalue weighted by atomic mass is 35.5. The van der Waals surface area contributed by atoms with Gasteiger partial charge in [0.25, 0.3) is 0 Å². The standard InChI is InChI=1S/C15H15ClN2O/c1-9-7-10(8-17-15(9)16)18-13-6-5-12-11(13)3-2-4-14(12)19/h2-4,7-8,13,18-19H,5-6H2,1H3. The van der Waals surface area contributed by atoms with Crippen LogP contribution in [0, 0.1) is 6.92 Å². The molecule has 98 valence electrons. The van der Waals surface area contributed by atoms with E-state index in [2.05, 4.69) is 16.4 Å². The van der Waals surface area contributed by atoms with Crippen molar-refractivity contribution >= 4 is 17.3 Å². The molecule has 0 saturated carbocycles. The van der Waals surface area contributed by atoms with Crippen LogP contribution in [0.2, 0.25) is 5.15 Å². The van der Waals surface area contributed by atoms with Crippen molar-refractivity contribution < 1.29 is 5.11 Å². The minimum atomic E-state index is 0.226. The van der Waals surface area contributed by atoms with E-state index in [-0.39, 0.29) is 6.04 Å². The highest BCUT2D eigenvalue weighted by Gasteiger charge is 2.24. The van der Waals surface area contributed by atoms with E-state index >= 15 is 0 Å². The van der Waals surface area contributed by atoms with Gasteiger partial charge < -0.3 is 10.4 Å². The summed E-state index contributed by atoms with van der Waals surface area (Å²) < 4.78 is 0. The lowest BCUT2D eigenvalue weighted by Gasteiger charge is -2.16. The fourth-order valence-corrected chi connectivity index (χ4v) is 2.73. The summed E-state index contributed by atoms with van der Waals surface area (Å²) in [7, 11) is 0. The van der Waals surface area contributed by atoms with Gasteiger partial charge in [-0.25, -0.2) is 4.98 Å². The lowest BCUT2D eigenvalue weighted by atomic mass is 10.1. The molecular formula is C15H15ClN2O. The largest absolute Gasteiger partial charge is 0.508 e. The number of benzene rings is 1. The van der Waals surface area contributed by atoms with Crippen molar-refractivity contribution in [1.82, 2.24) is 4.98 Å². The van der Waals surface area contributed by atoms with Crippen LogP contribution in [0.25, 0.3) is 0 Å². The second kappa shape index (κ2) is 4.74. The molecule has 2 aromatic rings. The van der Waals surface area contributed by atoms with Gasteiger partial charge in [0.2, 0.25) is 0 Å². The number of rotatable bonds is 2. The molecule has 0 amide bonds. The fraction of sp³-hybridized carbons (Fsp3) is 0.267. The second-order valence-corrected chi connectivity index (χ2v) is 5.27. The van der Waals surface area contributed by atoms with E-state index < -0.39 is 0 Å². The number of nitrogens with one attached hydrogen (secondary N) is 1. The predicted molar refractivity (Wildman–Crippen MR) is 76.8 cm³/mol. The first kappa shape index (κ1) is 12.3. The van der Waals surface area contributed by atoms with Crippen molar-refractivity contribution in [1.29, 1.82) is 0 Å². The Hall–Kier alpha value is -1.74. The molecule has 0 spiro atoms. The van der Waals surface area contributed by atoms with Gasteiger partial charge in [-0.1, -0.05) is 23.7 Å². The number of hydrogen-bond acceptors (Lipinski definition) is 3. The smallest absolute Gasteiger partial charge is 0.132 e. The van der Waals surface area contributed by atoms with E-state index in [1.54, 1.807) is 12.3 Å². The summed E-state index contributed by atoms with van der Waals surface area (Å²) in [6.45, 7) is 1.94. The third kappa shape index (κ3) is 2.26. The van der Waals surface area contributed by atoms with Gasteiger partial charge in [0.1, 0.15) is 10.9 Å². The number of phenolic OH excluding ortho intramolecular Hbond substituents is 1. The van der Waals surface area contributed by atoms with Crippen molar-refractivity contribution in [3.8, 4) is 5.75 Å². The molecule has 0 bridgehead atoms. The molecule has 1 heterocycles. The number of pyridine rings is 1. The van der Waals surface area contributed by atoms with Crippen LogP contribution in [0.3, 0.4) is 0 Å². The van der Waals surface area contributed by atoms with Gasteiger partial charge in [0, 0.05) is 0 Å². The zero-order valence-corrected chi connectivity index (χ0v) is 11.4. The summed E-state index contributed by atoms with van der Waals surface area (Å²) in [6, 6.07) is 7.92. The first-order chi connectivity index (χ1) is 9.15. The Morgan fingerprint density at radius 1 is 1.42 bits per heavy atom. The highest BCUT2D eigenvalue weighted by Crippen LogP contribution is 2.38. The fourth-order valence-electron chi connectivity index (χ4n) is 2.62. The summed E-state index contributed by atoms with van der Waals surface area (Å²) in [5.74, 6) is 0.396. The molecule has 19 heavy (non-hydrogen) atoms. The van der Waals surface area contributed by atoms with Crippen molar-refractivity contribution in [3.63, 3.8) is 0 Å². The highest BCUT2D eigenvalue weighted by molar-refractivity contribution is 6.30. The Morgan fingerprint density at radius 2 is 2.26 bits per heavy atom. The minimum Gasteiger partial charge on any atom is -0.508 e. The van der Waals surface area contributed by atoms with Crippen LogP contribution < -0.4 is 5.32 Å². The van der Waals surface area contributed by atoms with Gasteiger partial charge in [0.15, 0.2) is 0 Å². The van der Waals surface area contributed by atoms with E-state index in [0.717, 1.165) is 29.7 Å². The molecule has 0 saturated heterocycles. The van der Waals surface area contributed by atoms with Crippen molar-refractivity contribution in [3.05, 3.63) is 52.3 Å². The number of hydrogen-bond donors (Lipinski definition) is 2. The van der Waals surface area contributed by atoms with Crippen molar-refractivity contribution in [2.45, 2.75) is 25.8 Å². The maximum Gasteiger partial charge on any atom is 0.132 e. The van der Waals surface area contributed by atoms with Crippen LogP contribution in [0.4, 0.5) is 5.69 Å². The Labute approximate surface area is 117 Å². The number of anilines is 1. The summed E-state index contributed by atoms with van der Waals surface area (Å²) in [6.07, 6.45) is 3.63. The van der Waals surface area contributed by atoms with Crippen LogP contribution in [0.5, 0.6) is 5.75 Å². The number of aryl methyl sites for hydroxylation is 1. The number of phenols is 1. The maximum atomic E-state index is 9.84. The Balaban J connectivity index is 1.86. The molecule has 4 heteroatoms. The van der Waals surface area contributed by atoms with Crippen LogP contribution in [0.15, 0.2) is 30.5 Å². The molecule has 0 fully saturated rings. The molecule has 2 N–H and O–H groups in total. The lowest BCUT2D eigenvalue weighted by Crippen LogP contribution is -2.07. The molecule has 1 aromatic heterocycles. The number of fused-ring (bicyclic) bond motifs is 1. The number of aromatic nitrogens is 1. The molecule has 1 aliphatic rings. The molecule has 1 unspecified atom stereocenters. The van der Waals surface area contributed by atoms with Gasteiger partial charge in [-0.3, -0.25) is 0 Å². The molecule has 1 aliphatic carbocycles. The molecule has 1 aromatic carbocycles. The zero-order chi connectivity index (χ0) is 13.4. The third-order valence-electron chi connectivity index (χ3n) is 3.60. The molecule has 3 rings (SSSR count). The van der Waals surface area contributed by atoms with E-state index in [1.807, 2.05) is 19.1 Å². The SMILES string of the molecule is Cc1cc(NC2CCc3c(O)cccc32)cnc1Cl. The Bertz CT molecular complexity index is 628. The molecule has 0 aliphatic heterocycles. The summed E-state index contributed by atoms with van der Waals surface area (Å²) in [5, 5.41) is 13.8. The topological polar surface area (TPSA) is 45.1 Å². The lowest BCUT2D eigenvalue weighted by molar-refractivity contribution is 0.469. The number of aromatic hydroxyl groups is 1. The molecular weight excluding hydrogens is 260 g/mol. The number of nitrogens with zero attached hydrogens (tertiary/aromatic N) is 1. The number of halogens is 1. The Kier molecular flexibility index (Phi) is 3.07. The Morgan fingerprint density at radius 3 is 3.05 bits per heavy atom. The van der Waals surface area contributed by atoms with Crippen LogP contribution in [0.1, 0.15) is 29.2 Å². The minimum absolute atomic E-state index is 0.226. The first-order valence-electron chi connectivity index (χ1n) is 6.34. The van der Waals surface area contributed by atoms with E-state index in [4.69, 9.17) is 11.6 Å². The average molecular weight is 275 g/mol. The summed E-state index contributed by atoms with van der Waals surface area (Å²) in [5.41, 5.74) is 4.15. The van der Waals surface area contributed by atoms with Crippen LogP contribution in [-0.2, 0) is 6.42 Å². The van der Waals surface area contributed by atoms with Crippen molar-refractivity contribution in [2.24, 2.45) is 0 Å². The first-order valence-corrected chi connectivity index (χ1v) is 6.72. The third-order valence-corrected chi connectivity index (χ3v) is 4.00. The molecule has 0 radical (unpaired) electrons. The average Bonchev–Trinajstić information content (AvgIpc) is 2.79. The van der Waals surface area contributed by atoms with E-state index in [0.29, 0.717) is 10.9 Å². The molecule has 3 nitrogen and oxygen atoms in total. The van der Waals surface area contributed by atoms with Gasteiger partial charge in [-0.05, 0) is 48.6 Å². The summed E-state index contributed by atoms with van der Waals surface area (Å²) in [4.78, 5) is 4.15. The monoisotopic (exact) mass is 274 g/mol. The second-order valence-electron chi connectivity index (χ2n) is 4.91. The van der Waals surface area contributed by atoms with Gasteiger partial charge in [0.05, 0.1) is 17.9 Å². The van der Waals surface area contributed by atoms with Gasteiger partial charge in [-0.15, -0.1) is 0 Å². The molecule has 1 atom stereocenters. The van der Waals surface area contributed by atoms with E-state index in [1.165, 1.54) is 5.56 Å². The maximum absolute atomic E-state index is 9.84. The zero-order valence-electron chi connectivity index (χ0n) is 10.7. The van der Waals surface area contributed by atoms with Crippen LogP contribution in [-0.4, -0.2) is 10.1 Å². The normalized spacial score (nSPS) is 17.3. The van der Waals surface area contributed by atoms with Gasteiger partial charge >= 0.3 is 0 Å². The van der Waals surface area contributed by atoms with Crippen molar-refractivity contribution in [2.75, 3.05) is 5.32 Å². The van der Waals surface area contributed by atoms with Gasteiger partial charge in [-0.2, -0.15) is 0 Å². The van der Waals surface area contributed by atoms with E-state index in [9.17, 15) is 5.11 Å². The predicted octanol–water partition coefficient (Wildman–Crippen LogP) is 3.85. The van der Waals surface area contributed by atoms with Crippen LogP contribution >= 0.6 is 11.6 Å². The summed E-state index contributed by atoms with van der Waals surface area (Å²) >= 11 is 5.93. The quantitative estimate of drug-likeness (QED) is 0.818.